The fraction of sp³-hybridized carbons (Fsp3) is 0.700. The second-order valence-corrected chi connectivity index (χ2v) is 4.02. The Morgan fingerprint density at radius 3 is 2.46 bits per heavy atom. The SMILES string of the molecule is CCn1nc(C)c(C2(N)CC2)c1C. The van der Waals surface area contributed by atoms with Gasteiger partial charge in [0.1, 0.15) is 0 Å². The van der Waals surface area contributed by atoms with Crippen LogP contribution in [0.1, 0.15) is 36.7 Å². The topological polar surface area (TPSA) is 43.8 Å². The van der Waals surface area contributed by atoms with Gasteiger partial charge in [-0.05, 0) is 33.6 Å². The van der Waals surface area contributed by atoms with Gasteiger partial charge in [0.05, 0.1) is 5.69 Å². The van der Waals surface area contributed by atoms with Crippen LogP contribution in [0.5, 0.6) is 0 Å². The summed E-state index contributed by atoms with van der Waals surface area (Å²) in [5, 5.41) is 4.47. The summed E-state index contributed by atoms with van der Waals surface area (Å²) in [6, 6.07) is 0. The average Bonchev–Trinajstić information content (AvgIpc) is 2.72. The molecule has 0 atom stereocenters. The van der Waals surface area contributed by atoms with Gasteiger partial charge in [0.2, 0.25) is 0 Å². The first kappa shape index (κ1) is 8.75. The number of nitrogens with zero attached hydrogens (tertiary/aromatic N) is 2. The third-order valence-electron chi connectivity index (χ3n) is 2.97. The Kier molecular flexibility index (Phi) is 1.74. The molecule has 0 spiro atoms. The predicted octanol–water partition coefficient (Wildman–Crippen LogP) is 1.47. The van der Waals surface area contributed by atoms with E-state index in [0.29, 0.717) is 0 Å². The van der Waals surface area contributed by atoms with E-state index in [4.69, 9.17) is 5.73 Å². The van der Waals surface area contributed by atoms with Crippen LogP contribution in [0.15, 0.2) is 0 Å². The second kappa shape index (κ2) is 2.58. The molecule has 0 saturated heterocycles. The van der Waals surface area contributed by atoms with Gasteiger partial charge in [0.25, 0.3) is 0 Å². The summed E-state index contributed by atoms with van der Waals surface area (Å²) in [6.45, 7) is 7.22. The zero-order chi connectivity index (χ0) is 9.64. The maximum Gasteiger partial charge on any atom is 0.0647 e. The number of aromatic nitrogens is 2. The van der Waals surface area contributed by atoms with E-state index < -0.39 is 0 Å². The lowest BCUT2D eigenvalue weighted by atomic mass is 10.0. The van der Waals surface area contributed by atoms with E-state index in [9.17, 15) is 0 Å². The molecule has 0 amide bonds. The molecule has 1 aliphatic carbocycles. The number of hydrogen-bond donors (Lipinski definition) is 1. The number of hydrogen-bond acceptors (Lipinski definition) is 2. The van der Waals surface area contributed by atoms with E-state index >= 15 is 0 Å². The molecule has 1 aromatic heterocycles. The van der Waals surface area contributed by atoms with Crippen LogP contribution in [0, 0.1) is 13.8 Å². The van der Waals surface area contributed by atoms with Crippen molar-refractivity contribution in [1.29, 1.82) is 0 Å². The van der Waals surface area contributed by atoms with Gasteiger partial charge in [0, 0.05) is 23.3 Å². The molecule has 72 valence electrons. The van der Waals surface area contributed by atoms with Gasteiger partial charge in [-0.15, -0.1) is 0 Å². The molecule has 2 rings (SSSR count). The quantitative estimate of drug-likeness (QED) is 0.747. The van der Waals surface area contributed by atoms with E-state index in [2.05, 4.69) is 25.9 Å². The summed E-state index contributed by atoms with van der Waals surface area (Å²) >= 11 is 0. The van der Waals surface area contributed by atoms with Crippen LogP contribution in [-0.2, 0) is 12.1 Å². The van der Waals surface area contributed by atoms with Gasteiger partial charge in [-0.3, -0.25) is 4.68 Å². The fourth-order valence-electron chi connectivity index (χ4n) is 2.11. The Bertz CT molecular complexity index is 334. The summed E-state index contributed by atoms with van der Waals surface area (Å²) in [5.74, 6) is 0. The molecule has 1 aromatic rings. The highest BCUT2D eigenvalue weighted by Crippen LogP contribution is 2.45. The van der Waals surface area contributed by atoms with Gasteiger partial charge in [0.15, 0.2) is 0 Å². The minimum absolute atomic E-state index is 0.0401. The van der Waals surface area contributed by atoms with E-state index in [1.165, 1.54) is 11.3 Å². The minimum Gasteiger partial charge on any atom is -0.321 e. The molecule has 3 nitrogen and oxygen atoms in total. The molecule has 3 heteroatoms. The zero-order valence-corrected chi connectivity index (χ0v) is 8.59. The van der Waals surface area contributed by atoms with Crippen LogP contribution in [0.25, 0.3) is 0 Å². The van der Waals surface area contributed by atoms with Crippen molar-refractivity contribution >= 4 is 0 Å². The summed E-state index contributed by atoms with van der Waals surface area (Å²) in [5.41, 5.74) is 9.79. The standard InChI is InChI=1S/C10H17N3/c1-4-13-8(3)9(7(2)12-13)10(11)5-6-10/h4-6,11H2,1-3H3. The van der Waals surface area contributed by atoms with E-state index in [-0.39, 0.29) is 5.54 Å². The van der Waals surface area contributed by atoms with E-state index in [0.717, 1.165) is 25.1 Å². The van der Waals surface area contributed by atoms with Gasteiger partial charge < -0.3 is 5.73 Å². The lowest BCUT2D eigenvalue weighted by molar-refractivity contribution is 0.630. The highest BCUT2D eigenvalue weighted by molar-refractivity contribution is 5.36. The van der Waals surface area contributed by atoms with Crippen LogP contribution in [0.4, 0.5) is 0 Å². The van der Waals surface area contributed by atoms with Crippen molar-refractivity contribution < 1.29 is 0 Å². The first-order chi connectivity index (χ1) is 6.08. The van der Waals surface area contributed by atoms with Gasteiger partial charge >= 0.3 is 0 Å². The highest BCUT2D eigenvalue weighted by atomic mass is 15.3. The maximum atomic E-state index is 6.18. The van der Waals surface area contributed by atoms with Crippen LogP contribution in [0.2, 0.25) is 0 Å². The van der Waals surface area contributed by atoms with Crippen molar-refractivity contribution in [2.24, 2.45) is 5.73 Å². The molecular formula is C10H17N3. The van der Waals surface area contributed by atoms with E-state index in [1.807, 2.05) is 4.68 Å². The minimum atomic E-state index is -0.0401. The molecule has 1 heterocycles. The second-order valence-electron chi connectivity index (χ2n) is 4.02. The van der Waals surface area contributed by atoms with Crippen LogP contribution in [0.3, 0.4) is 0 Å². The molecule has 1 saturated carbocycles. The van der Waals surface area contributed by atoms with Crippen molar-refractivity contribution in [2.45, 2.75) is 45.7 Å². The molecule has 0 radical (unpaired) electrons. The zero-order valence-electron chi connectivity index (χ0n) is 8.59. The third-order valence-corrected chi connectivity index (χ3v) is 2.97. The molecule has 0 aliphatic heterocycles. The smallest absolute Gasteiger partial charge is 0.0647 e. The molecule has 0 bridgehead atoms. The lowest BCUT2D eigenvalue weighted by Gasteiger charge is -2.09. The first-order valence-electron chi connectivity index (χ1n) is 4.92. The van der Waals surface area contributed by atoms with Crippen molar-refractivity contribution in [3.05, 3.63) is 17.0 Å². The van der Waals surface area contributed by atoms with Crippen LogP contribution in [-0.4, -0.2) is 9.78 Å². The Hall–Kier alpha value is -0.830. The van der Waals surface area contributed by atoms with Crippen molar-refractivity contribution in [2.75, 3.05) is 0 Å². The molecule has 1 fully saturated rings. The van der Waals surface area contributed by atoms with Crippen molar-refractivity contribution in [3.63, 3.8) is 0 Å². The average molecular weight is 179 g/mol. The normalized spacial score (nSPS) is 19.1. The van der Waals surface area contributed by atoms with Crippen molar-refractivity contribution in [1.82, 2.24) is 9.78 Å². The number of nitrogens with two attached hydrogens (primary N) is 1. The predicted molar refractivity (Wildman–Crippen MR) is 52.5 cm³/mol. The summed E-state index contributed by atoms with van der Waals surface area (Å²) in [6.07, 6.45) is 2.23. The Morgan fingerprint density at radius 2 is 2.08 bits per heavy atom. The summed E-state index contributed by atoms with van der Waals surface area (Å²) in [4.78, 5) is 0. The summed E-state index contributed by atoms with van der Waals surface area (Å²) in [7, 11) is 0. The monoisotopic (exact) mass is 179 g/mol. The molecule has 2 N–H and O–H groups in total. The highest BCUT2D eigenvalue weighted by Gasteiger charge is 2.43. The molecule has 13 heavy (non-hydrogen) atoms. The number of rotatable bonds is 2. The third kappa shape index (κ3) is 1.18. The lowest BCUT2D eigenvalue weighted by Crippen LogP contribution is -2.20. The fourth-order valence-corrected chi connectivity index (χ4v) is 2.11. The summed E-state index contributed by atoms with van der Waals surface area (Å²) < 4.78 is 2.04. The van der Waals surface area contributed by atoms with Crippen LogP contribution >= 0.6 is 0 Å². The maximum absolute atomic E-state index is 6.18. The Labute approximate surface area is 78.9 Å². The molecule has 0 unspecified atom stereocenters. The van der Waals surface area contributed by atoms with Gasteiger partial charge in [-0.1, -0.05) is 0 Å². The number of aryl methyl sites for hydroxylation is 2. The first-order valence-corrected chi connectivity index (χ1v) is 4.92. The molecule has 0 aromatic carbocycles. The largest absolute Gasteiger partial charge is 0.321 e. The van der Waals surface area contributed by atoms with E-state index in [1.54, 1.807) is 0 Å². The molecule has 1 aliphatic rings. The Morgan fingerprint density at radius 1 is 1.46 bits per heavy atom. The Balaban J connectivity index is 2.50. The van der Waals surface area contributed by atoms with Crippen LogP contribution < -0.4 is 5.73 Å². The molecular weight excluding hydrogens is 162 g/mol. The van der Waals surface area contributed by atoms with Gasteiger partial charge in [-0.25, -0.2) is 0 Å². The van der Waals surface area contributed by atoms with Gasteiger partial charge in [-0.2, -0.15) is 5.10 Å². The van der Waals surface area contributed by atoms with Crippen molar-refractivity contribution in [3.8, 4) is 0 Å².